The van der Waals surface area contributed by atoms with Crippen LogP contribution < -0.4 is 11.5 Å². The van der Waals surface area contributed by atoms with Crippen LogP contribution in [0.25, 0.3) is 11.4 Å². The zero-order valence-corrected chi connectivity index (χ0v) is 11.1. The molecule has 2 rings (SSSR count). The van der Waals surface area contributed by atoms with Crippen LogP contribution in [-0.2, 0) is 11.3 Å². The molecule has 0 saturated heterocycles. The molecule has 19 heavy (non-hydrogen) atoms. The van der Waals surface area contributed by atoms with Crippen LogP contribution in [0.5, 0.6) is 0 Å². The Balaban J connectivity index is 2.18. The van der Waals surface area contributed by atoms with Crippen LogP contribution in [-0.4, -0.2) is 32.9 Å². The van der Waals surface area contributed by atoms with E-state index in [1.54, 1.807) is 22.9 Å². The zero-order valence-electron chi connectivity index (χ0n) is 11.1. The van der Waals surface area contributed by atoms with Crippen molar-refractivity contribution in [3.63, 3.8) is 0 Å². The van der Waals surface area contributed by atoms with Gasteiger partial charge in [-0.1, -0.05) is 0 Å². The van der Waals surface area contributed by atoms with Crippen molar-refractivity contribution in [2.45, 2.75) is 26.5 Å². The molecular weight excluding hydrogens is 244 g/mol. The fraction of sp³-hybridized carbons (Fsp3) is 0.417. The molecule has 0 saturated carbocycles. The summed E-state index contributed by atoms with van der Waals surface area (Å²) in [5.41, 5.74) is 13.5. The average Bonchev–Trinajstić information content (AvgIpc) is 2.75. The van der Waals surface area contributed by atoms with Crippen molar-refractivity contribution >= 4 is 11.4 Å². The smallest absolute Gasteiger partial charge is 0.182 e. The van der Waals surface area contributed by atoms with Crippen molar-refractivity contribution in [2.24, 2.45) is 0 Å². The second-order valence-corrected chi connectivity index (χ2v) is 4.53. The van der Waals surface area contributed by atoms with E-state index < -0.39 is 0 Å². The predicted molar refractivity (Wildman–Crippen MR) is 73.2 cm³/mol. The molecule has 0 unspecified atom stereocenters. The van der Waals surface area contributed by atoms with Crippen molar-refractivity contribution in [2.75, 3.05) is 18.1 Å². The van der Waals surface area contributed by atoms with Crippen LogP contribution in [0, 0.1) is 0 Å². The van der Waals surface area contributed by atoms with E-state index in [1.807, 2.05) is 13.8 Å². The van der Waals surface area contributed by atoms with E-state index in [1.165, 1.54) is 0 Å². The Bertz CT molecular complexity index is 531. The number of ether oxygens (including phenoxy) is 1. The summed E-state index contributed by atoms with van der Waals surface area (Å²) in [7, 11) is 0. The van der Waals surface area contributed by atoms with Crippen molar-refractivity contribution in [1.82, 2.24) is 20.2 Å². The molecule has 0 aliphatic rings. The van der Waals surface area contributed by atoms with E-state index in [4.69, 9.17) is 16.2 Å². The maximum atomic E-state index is 5.77. The van der Waals surface area contributed by atoms with Gasteiger partial charge < -0.3 is 16.2 Å². The van der Waals surface area contributed by atoms with Gasteiger partial charge in [0, 0.05) is 16.9 Å². The molecule has 0 amide bonds. The van der Waals surface area contributed by atoms with E-state index in [0.717, 1.165) is 5.56 Å². The number of rotatable bonds is 5. The van der Waals surface area contributed by atoms with Gasteiger partial charge in [0.05, 0.1) is 19.3 Å². The highest BCUT2D eigenvalue weighted by Crippen LogP contribution is 2.22. The monoisotopic (exact) mass is 262 g/mol. The summed E-state index contributed by atoms with van der Waals surface area (Å²) < 4.78 is 7.16. The number of aromatic nitrogens is 4. The Kier molecular flexibility index (Phi) is 3.96. The number of nitrogens with two attached hydrogens (primary N) is 2. The van der Waals surface area contributed by atoms with E-state index in [0.29, 0.717) is 30.4 Å². The molecular formula is C12H18N6O. The summed E-state index contributed by atoms with van der Waals surface area (Å²) in [5.74, 6) is 0.631. The Labute approximate surface area is 111 Å². The van der Waals surface area contributed by atoms with Crippen molar-refractivity contribution in [3.8, 4) is 11.4 Å². The zero-order chi connectivity index (χ0) is 13.8. The molecule has 0 aliphatic carbocycles. The Morgan fingerprint density at radius 3 is 2.53 bits per heavy atom. The van der Waals surface area contributed by atoms with Gasteiger partial charge in [-0.3, -0.25) is 0 Å². The van der Waals surface area contributed by atoms with Crippen LogP contribution in [0.15, 0.2) is 18.2 Å². The minimum absolute atomic E-state index is 0.183. The number of hydrogen-bond donors (Lipinski definition) is 2. The summed E-state index contributed by atoms with van der Waals surface area (Å²) >= 11 is 0. The van der Waals surface area contributed by atoms with E-state index in [-0.39, 0.29) is 6.10 Å². The average molecular weight is 262 g/mol. The van der Waals surface area contributed by atoms with Gasteiger partial charge in [0.25, 0.3) is 0 Å². The molecule has 7 heteroatoms. The largest absolute Gasteiger partial charge is 0.399 e. The summed E-state index contributed by atoms with van der Waals surface area (Å²) in [5, 5.41) is 11.6. The standard InChI is InChI=1S/C12H18N6O/c1-8(2)19-4-3-18-12(15-16-17-18)9-5-10(13)7-11(14)6-9/h5-8H,3-4,13-14H2,1-2H3. The number of nitrogens with zero attached hydrogens (tertiary/aromatic N) is 4. The van der Waals surface area contributed by atoms with Crippen LogP contribution in [0.1, 0.15) is 13.8 Å². The van der Waals surface area contributed by atoms with Gasteiger partial charge >= 0.3 is 0 Å². The molecule has 0 aliphatic heterocycles. The lowest BCUT2D eigenvalue weighted by molar-refractivity contribution is 0.0709. The van der Waals surface area contributed by atoms with E-state index >= 15 is 0 Å². The maximum absolute atomic E-state index is 5.77. The predicted octanol–water partition coefficient (Wildman–Crippen LogP) is 0.929. The molecule has 4 N–H and O–H groups in total. The lowest BCUT2D eigenvalue weighted by Crippen LogP contribution is -2.12. The highest BCUT2D eigenvalue weighted by Gasteiger charge is 2.10. The minimum atomic E-state index is 0.183. The van der Waals surface area contributed by atoms with E-state index in [2.05, 4.69) is 15.5 Å². The molecule has 1 aromatic heterocycles. The topological polar surface area (TPSA) is 105 Å². The van der Waals surface area contributed by atoms with Gasteiger partial charge in [-0.2, -0.15) is 0 Å². The first-order valence-electron chi connectivity index (χ1n) is 6.10. The second kappa shape index (κ2) is 5.66. The molecule has 0 spiro atoms. The summed E-state index contributed by atoms with van der Waals surface area (Å²) in [6, 6.07) is 5.28. The highest BCUT2D eigenvalue weighted by molar-refractivity contribution is 5.67. The second-order valence-electron chi connectivity index (χ2n) is 4.53. The van der Waals surface area contributed by atoms with Crippen LogP contribution in [0.3, 0.4) is 0 Å². The lowest BCUT2D eigenvalue weighted by atomic mass is 10.1. The quantitative estimate of drug-likeness (QED) is 0.777. The third kappa shape index (κ3) is 3.41. The number of hydrogen-bond acceptors (Lipinski definition) is 6. The van der Waals surface area contributed by atoms with Crippen molar-refractivity contribution < 1.29 is 4.74 Å². The first-order chi connectivity index (χ1) is 9.06. The number of anilines is 2. The molecule has 0 bridgehead atoms. The number of nitrogen functional groups attached to an aromatic ring is 2. The first kappa shape index (κ1) is 13.3. The van der Waals surface area contributed by atoms with Gasteiger partial charge in [-0.15, -0.1) is 5.10 Å². The number of benzene rings is 1. The van der Waals surface area contributed by atoms with Gasteiger partial charge in [0.15, 0.2) is 5.82 Å². The SMILES string of the molecule is CC(C)OCCn1nnnc1-c1cc(N)cc(N)c1. The van der Waals surface area contributed by atoms with Gasteiger partial charge in [0.1, 0.15) is 0 Å². The van der Waals surface area contributed by atoms with Crippen molar-refractivity contribution in [3.05, 3.63) is 18.2 Å². The highest BCUT2D eigenvalue weighted by atomic mass is 16.5. The third-order valence-corrected chi connectivity index (χ3v) is 2.52. The normalized spacial score (nSPS) is 11.1. The third-order valence-electron chi connectivity index (χ3n) is 2.52. The summed E-state index contributed by atoms with van der Waals surface area (Å²) in [6.45, 7) is 5.10. The fourth-order valence-corrected chi connectivity index (χ4v) is 1.74. The maximum Gasteiger partial charge on any atom is 0.182 e. The van der Waals surface area contributed by atoms with Crippen LogP contribution in [0.2, 0.25) is 0 Å². The Morgan fingerprint density at radius 2 is 1.89 bits per heavy atom. The lowest BCUT2D eigenvalue weighted by Gasteiger charge is -2.09. The summed E-state index contributed by atoms with van der Waals surface area (Å²) in [6.07, 6.45) is 0.183. The molecule has 0 fully saturated rings. The molecule has 1 aromatic carbocycles. The van der Waals surface area contributed by atoms with Crippen LogP contribution >= 0.6 is 0 Å². The minimum Gasteiger partial charge on any atom is -0.399 e. The molecule has 2 aromatic rings. The molecule has 7 nitrogen and oxygen atoms in total. The van der Waals surface area contributed by atoms with Gasteiger partial charge in [-0.05, 0) is 42.5 Å². The Morgan fingerprint density at radius 1 is 1.21 bits per heavy atom. The molecule has 0 radical (unpaired) electrons. The summed E-state index contributed by atoms with van der Waals surface area (Å²) in [4.78, 5) is 0. The van der Waals surface area contributed by atoms with Gasteiger partial charge in [-0.25, -0.2) is 4.68 Å². The molecule has 102 valence electrons. The number of tetrazole rings is 1. The molecule has 1 heterocycles. The van der Waals surface area contributed by atoms with Crippen molar-refractivity contribution in [1.29, 1.82) is 0 Å². The Hall–Kier alpha value is -2.15. The fourth-order valence-electron chi connectivity index (χ4n) is 1.74. The molecule has 0 atom stereocenters. The van der Waals surface area contributed by atoms with E-state index in [9.17, 15) is 0 Å². The first-order valence-corrected chi connectivity index (χ1v) is 6.10. The van der Waals surface area contributed by atoms with Gasteiger partial charge in [0.2, 0.25) is 0 Å². The van der Waals surface area contributed by atoms with Crippen LogP contribution in [0.4, 0.5) is 11.4 Å².